The van der Waals surface area contributed by atoms with Gasteiger partial charge in [-0.15, -0.1) is 0 Å². The van der Waals surface area contributed by atoms with E-state index in [0.717, 1.165) is 12.3 Å². The first-order valence-corrected chi connectivity index (χ1v) is 6.53. The first-order chi connectivity index (χ1) is 7.70. The Bertz CT molecular complexity index is 524. The highest BCUT2D eigenvalue weighted by atomic mass is 32.2. The van der Waals surface area contributed by atoms with Crippen molar-refractivity contribution in [2.24, 2.45) is 0 Å². The predicted octanol–water partition coefficient (Wildman–Crippen LogP) is 0.563. The number of sulfone groups is 1. The zero-order valence-electron chi connectivity index (χ0n) is 8.80. The molecule has 0 atom stereocenters. The molecule has 0 saturated carbocycles. The molecule has 17 heavy (non-hydrogen) atoms. The fourth-order valence-corrected chi connectivity index (χ4v) is 1.65. The van der Waals surface area contributed by atoms with Gasteiger partial charge in [-0.25, -0.2) is 22.0 Å². The third kappa shape index (κ3) is 3.77. The fraction of sp³-hybridized carbons (Fsp3) is 0.500. The van der Waals surface area contributed by atoms with E-state index in [1.54, 1.807) is 0 Å². The minimum absolute atomic E-state index is 0.300. The molecule has 1 aromatic rings. The summed E-state index contributed by atoms with van der Waals surface area (Å²) in [6.07, 6.45) is -1.95. The second-order valence-electron chi connectivity index (χ2n) is 3.41. The lowest BCUT2D eigenvalue weighted by Gasteiger charge is -2.05. The van der Waals surface area contributed by atoms with Crippen molar-refractivity contribution in [3.05, 3.63) is 17.5 Å². The molecule has 6 nitrogen and oxygen atoms in total. The maximum atomic E-state index is 12.5. The van der Waals surface area contributed by atoms with E-state index in [2.05, 4.69) is 5.10 Å². The zero-order valence-corrected chi connectivity index (χ0v) is 9.62. The van der Waals surface area contributed by atoms with E-state index >= 15 is 0 Å². The summed E-state index contributed by atoms with van der Waals surface area (Å²) >= 11 is 0. The molecule has 1 rings (SSSR count). The molecule has 0 spiro atoms. The third-order valence-corrected chi connectivity index (χ3v) is 2.85. The molecule has 0 radical (unpaired) electrons. The van der Waals surface area contributed by atoms with Gasteiger partial charge in [-0.05, 0) is 0 Å². The van der Waals surface area contributed by atoms with Crippen LogP contribution < -0.4 is 0 Å². The van der Waals surface area contributed by atoms with Gasteiger partial charge in [-0.3, -0.25) is 4.68 Å². The summed E-state index contributed by atoms with van der Waals surface area (Å²) in [7, 11) is -3.33. The van der Waals surface area contributed by atoms with Gasteiger partial charge in [0.2, 0.25) is 0 Å². The Kier molecular flexibility index (Phi) is 3.81. The molecule has 1 N–H and O–H groups in total. The molecular formula is C8H10F2N2O4S. The largest absolute Gasteiger partial charge is 0.476 e. The first-order valence-electron chi connectivity index (χ1n) is 4.47. The van der Waals surface area contributed by atoms with Crippen molar-refractivity contribution in [3.63, 3.8) is 0 Å². The minimum atomic E-state index is -3.33. The quantitative estimate of drug-likeness (QED) is 0.843. The third-order valence-electron chi connectivity index (χ3n) is 1.93. The van der Waals surface area contributed by atoms with Gasteiger partial charge in [0.25, 0.3) is 6.43 Å². The van der Waals surface area contributed by atoms with Crippen molar-refractivity contribution in [3.8, 4) is 0 Å². The Morgan fingerprint density at radius 2 is 2.18 bits per heavy atom. The maximum absolute atomic E-state index is 12.5. The number of nitrogens with zero attached hydrogens (tertiary/aromatic N) is 2. The molecule has 96 valence electrons. The Morgan fingerprint density at radius 3 is 2.59 bits per heavy atom. The van der Waals surface area contributed by atoms with Gasteiger partial charge in [0.15, 0.2) is 5.69 Å². The highest BCUT2D eigenvalue weighted by molar-refractivity contribution is 7.90. The minimum Gasteiger partial charge on any atom is -0.476 e. The van der Waals surface area contributed by atoms with Crippen molar-refractivity contribution in [2.45, 2.75) is 13.0 Å². The molecule has 0 aliphatic rings. The number of carboxylic acid groups (broad SMARTS) is 1. The molecule has 0 fully saturated rings. The number of carbonyl (C=O) groups is 1. The van der Waals surface area contributed by atoms with Crippen molar-refractivity contribution in [2.75, 3.05) is 12.0 Å². The van der Waals surface area contributed by atoms with Gasteiger partial charge < -0.3 is 5.11 Å². The molecule has 0 unspecified atom stereocenters. The highest BCUT2D eigenvalue weighted by Gasteiger charge is 2.20. The van der Waals surface area contributed by atoms with E-state index in [1.165, 1.54) is 0 Å². The number of aryl methyl sites for hydroxylation is 1. The normalized spacial score (nSPS) is 12.0. The summed E-state index contributed by atoms with van der Waals surface area (Å²) in [5, 5.41) is 12.0. The number of hydrogen-bond acceptors (Lipinski definition) is 4. The second kappa shape index (κ2) is 4.78. The van der Waals surface area contributed by atoms with Gasteiger partial charge in [-0.2, -0.15) is 5.10 Å². The number of hydrogen-bond donors (Lipinski definition) is 1. The molecule has 9 heteroatoms. The summed E-state index contributed by atoms with van der Waals surface area (Å²) in [6.45, 7) is -0.300. The number of aromatic carboxylic acids is 1. The number of aromatic nitrogens is 2. The van der Waals surface area contributed by atoms with Crippen LogP contribution in [0.25, 0.3) is 0 Å². The van der Waals surface area contributed by atoms with Crippen molar-refractivity contribution in [1.82, 2.24) is 9.78 Å². The van der Waals surface area contributed by atoms with Crippen LogP contribution in [0.15, 0.2) is 6.07 Å². The SMILES string of the molecule is CS(=O)(=O)CCn1nc(C(=O)O)cc1C(F)F. The summed E-state index contributed by atoms with van der Waals surface area (Å²) in [6, 6.07) is 0.731. The number of alkyl halides is 2. The molecular weight excluding hydrogens is 258 g/mol. The van der Waals surface area contributed by atoms with E-state index in [-0.39, 0.29) is 12.3 Å². The van der Waals surface area contributed by atoms with E-state index in [1.807, 2.05) is 0 Å². The number of halogens is 2. The van der Waals surface area contributed by atoms with E-state index in [0.29, 0.717) is 4.68 Å². The average molecular weight is 268 g/mol. The number of carboxylic acids is 1. The molecule has 0 bridgehead atoms. The Morgan fingerprint density at radius 1 is 1.59 bits per heavy atom. The zero-order chi connectivity index (χ0) is 13.2. The summed E-state index contributed by atoms with van der Waals surface area (Å²) in [5.74, 6) is -1.82. The van der Waals surface area contributed by atoms with Gasteiger partial charge in [0.05, 0.1) is 12.3 Å². The number of rotatable bonds is 5. The lowest BCUT2D eigenvalue weighted by molar-refractivity contribution is 0.0689. The van der Waals surface area contributed by atoms with E-state index < -0.39 is 33.6 Å². The van der Waals surface area contributed by atoms with Crippen LogP contribution in [0.4, 0.5) is 8.78 Å². The molecule has 1 aromatic heterocycles. The van der Waals surface area contributed by atoms with Crippen molar-refractivity contribution in [1.29, 1.82) is 0 Å². The van der Waals surface area contributed by atoms with Crippen molar-refractivity contribution >= 4 is 15.8 Å². The summed E-state index contributed by atoms with van der Waals surface area (Å²) in [4.78, 5) is 10.6. The van der Waals surface area contributed by atoms with Crippen LogP contribution >= 0.6 is 0 Å². The molecule has 0 aromatic carbocycles. The van der Waals surface area contributed by atoms with Crippen LogP contribution in [0.3, 0.4) is 0 Å². The van der Waals surface area contributed by atoms with Crippen LogP contribution in [0.5, 0.6) is 0 Å². The molecule has 0 aliphatic heterocycles. The second-order valence-corrected chi connectivity index (χ2v) is 5.67. The van der Waals surface area contributed by atoms with Gasteiger partial charge in [0.1, 0.15) is 15.5 Å². The smallest absolute Gasteiger partial charge is 0.356 e. The van der Waals surface area contributed by atoms with Crippen molar-refractivity contribution < 1.29 is 27.1 Å². The summed E-state index contributed by atoms with van der Waals surface area (Å²) < 4.78 is 47.5. The molecule has 0 amide bonds. The van der Waals surface area contributed by atoms with Crippen LogP contribution in [0.2, 0.25) is 0 Å². The Hall–Kier alpha value is -1.51. The Balaban J connectivity index is 3.00. The van der Waals surface area contributed by atoms with E-state index in [4.69, 9.17) is 5.11 Å². The molecule has 0 aliphatic carbocycles. The van der Waals surface area contributed by atoms with Gasteiger partial charge in [0, 0.05) is 12.3 Å². The topological polar surface area (TPSA) is 89.3 Å². The first kappa shape index (κ1) is 13.6. The lowest BCUT2D eigenvalue weighted by Crippen LogP contribution is -2.15. The van der Waals surface area contributed by atoms with Crippen LogP contribution in [0, 0.1) is 0 Å². The molecule has 1 heterocycles. The highest BCUT2D eigenvalue weighted by Crippen LogP contribution is 2.19. The fourth-order valence-electron chi connectivity index (χ4n) is 1.14. The van der Waals surface area contributed by atoms with Gasteiger partial charge in [-0.1, -0.05) is 0 Å². The standard InChI is InChI=1S/C8H10F2N2O4S/c1-17(15,16)3-2-12-6(7(9)10)4-5(11-12)8(13)14/h4,7H,2-3H2,1H3,(H,13,14). The van der Waals surface area contributed by atoms with Crippen LogP contribution in [-0.2, 0) is 16.4 Å². The van der Waals surface area contributed by atoms with Crippen LogP contribution in [0.1, 0.15) is 22.6 Å². The van der Waals surface area contributed by atoms with E-state index in [9.17, 15) is 22.0 Å². The van der Waals surface area contributed by atoms with Crippen LogP contribution in [-0.4, -0.2) is 41.3 Å². The predicted molar refractivity (Wildman–Crippen MR) is 53.9 cm³/mol. The van der Waals surface area contributed by atoms with Gasteiger partial charge >= 0.3 is 5.97 Å². The monoisotopic (exact) mass is 268 g/mol. The lowest BCUT2D eigenvalue weighted by atomic mass is 10.3. The average Bonchev–Trinajstić information content (AvgIpc) is 2.57. The summed E-state index contributed by atoms with van der Waals surface area (Å²) in [5.41, 5.74) is -1.14. The molecule has 0 saturated heterocycles. The maximum Gasteiger partial charge on any atom is 0.356 e. The Labute approximate surface area is 95.8 Å².